The molecule has 5 heteroatoms. The third-order valence-corrected chi connectivity index (χ3v) is 2.20. The highest BCUT2D eigenvalue weighted by Gasteiger charge is 2.34. The summed E-state index contributed by atoms with van der Waals surface area (Å²) < 4.78 is 0. The SMILES string of the molecule is CON1CC(O)C(O)C(CO)C1. The van der Waals surface area contributed by atoms with Crippen molar-refractivity contribution in [2.24, 2.45) is 5.92 Å². The van der Waals surface area contributed by atoms with Crippen LogP contribution in [0.4, 0.5) is 0 Å². The van der Waals surface area contributed by atoms with Crippen LogP contribution in [0.15, 0.2) is 0 Å². The second kappa shape index (κ2) is 4.15. The quantitative estimate of drug-likeness (QED) is 0.464. The van der Waals surface area contributed by atoms with Gasteiger partial charge in [-0.1, -0.05) is 0 Å². The number of β-amino-alcohol motifs (C(OH)–C–C–N with tert-alkyl or cyclic N) is 1. The predicted octanol–water partition coefficient (Wildman–Crippen LogP) is -1.81. The van der Waals surface area contributed by atoms with Gasteiger partial charge in [0.15, 0.2) is 0 Å². The summed E-state index contributed by atoms with van der Waals surface area (Å²) >= 11 is 0. The molecule has 0 radical (unpaired) electrons. The van der Waals surface area contributed by atoms with Gasteiger partial charge in [0, 0.05) is 19.1 Å². The van der Waals surface area contributed by atoms with E-state index in [-0.39, 0.29) is 19.1 Å². The summed E-state index contributed by atoms with van der Waals surface area (Å²) in [6.07, 6.45) is -1.68. The Balaban J connectivity index is 2.52. The average molecular weight is 177 g/mol. The molecule has 0 aromatic rings. The second-order valence-electron chi connectivity index (χ2n) is 3.03. The number of rotatable bonds is 2. The average Bonchev–Trinajstić information content (AvgIpc) is 2.09. The normalized spacial score (nSPS) is 38.5. The highest BCUT2D eigenvalue weighted by atomic mass is 16.7. The zero-order chi connectivity index (χ0) is 9.14. The molecule has 1 heterocycles. The summed E-state index contributed by atoms with van der Waals surface area (Å²) in [6, 6.07) is 0. The Morgan fingerprint density at radius 1 is 1.42 bits per heavy atom. The molecular formula is C7H15NO4. The molecule has 0 aliphatic carbocycles. The van der Waals surface area contributed by atoms with Gasteiger partial charge in [0.2, 0.25) is 0 Å². The van der Waals surface area contributed by atoms with Crippen LogP contribution in [0, 0.1) is 5.92 Å². The van der Waals surface area contributed by atoms with Crippen molar-refractivity contribution in [3.63, 3.8) is 0 Å². The van der Waals surface area contributed by atoms with Gasteiger partial charge in [-0.2, -0.15) is 5.06 Å². The molecule has 72 valence electrons. The number of aliphatic hydroxyl groups excluding tert-OH is 3. The highest BCUT2D eigenvalue weighted by molar-refractivity contribution is 4.83. The number of piperidine rings is 1. The number of nitrogens with zero attached hydrogens (tertiary/aromatic N) is 1. The molecule has 0 saturated carbocycles. The van der Waals surface area contributed by atoms with Crippen LogP contribution in [-0.2, 0) is 4.84 Å². The van der Waals surface area contributed by atoms with E-state index >= 15 is 0 Å². The van der Waals surface area contributed by atoms with Crippen LogP contribution in [0.25, 0.3) is 0 Å². The first-order chi connectivity index (χ1) is 5.69. The molecule has 1 fully saturated rings. The Morgan fingerprint density at radius 3 is 2.58 bits per heavy atom. The summed E-state index contributed by atoms with van der Waals surface area (Å²) in [6.45, 7) is 0.595. The van der Waals surface area contributed by atoms with Crippen molar-refractivity contribution in [1.29, 1.82) is 0 Å². The zero-order valence-electron chi connectivity index (χ0n) is 7.05. The predicted molar refractivity (Wildman–Crippen MR) is 41.2 cm³/mol. The first-order valence-corrected chi connectivity index (χ1v) is 3.95. The van der Waals surface area contributed by atoms with Gasteiger partial charge in [0.05, 0.1) is 25.9 Å². The van der Waals surface area contributed by atoms with Crippen molar-refractivity contribution in [3.8, 4) is 0 Å². The van der Waals surface area contributed by atoms with Crippen LogP contribution in [0.5, 0.6) is 0 Å². The van der Waals surface area contributed by atoms with Gasteiger partial charge in [0.25, 0.3) is 0 Å². The van der Waals surface area contributed by atoms with Crippen molar-refractivity contribution < 1.29 is 20.2 Å². The Bertz CT molecular complexity index is 143. The highest BCUT2D eigenvalue weighted by Crippen LogP contribution is 2.16. The van der Waals surface area contributed by atoms with E-state index in [1.54, 1.807) is 0 Å². The fourth-order valence-electron chi connectivity index (χ4n) is 1.39. The molecule has 3 N–H and O–H groups in total. The molecule has 1 aliphatic rings. The lowest BCUT2D eigenvalue weighted by Crippen LogP contribution is -2.53. The van der Waals surface area contributed by atoms with E-state index in [9.17, 15) is 10.2 Å². The minimum atomic E-state index is -0.846. The minimum Gasteiger partial charge on any atom is -0.396 e. The van der Waals surface area contributed by atoms with Crippen molar-refractivity contribution in [2.45, 2.75) is 12.2 Å². The smallest absolute Gasteiger partial charge is 0.0953 e. The van der Waals surface area contributed by atoms with E-state index < -0.39 is 12.2 Å². The molecule has 3 unspecified atom stereocenters. The van der Waals surface area contributed by atoms with Crippen molar-refractivity contribution in [1.82, 2.24) is 5.06 Å². The Labute approximate surface area is 71.1 Å². The number of hydroxylamine groups is 2. The molecule has 0 aromatic carbocycles. The lowest BCUT2D eigenvalue weighted by Gasteiger charge is -2.36. The topological polar surface area (TPSA) is 73.2 Å². The molecule has 1 rings (SSSR count). The molecule has 0 aromatic heterocycles. The molecule has 1 aliphatic heterocycles. The maximum Gasteiger partial charge on any atom is 0.0953 e. The van der Waals surface area contributed by atoms with Crippen LogP contribution in [-0.4, -0.2) is 59.4 Å². The Hall–Kier alpha value is -0.200. The molecule has 5 nitrogen and oxygen atoms in total. The molecule has 1 saturated heterocycles. The van der Waals surface area contributed by atoms with Crippen molar-refractivity contribution in [3.05, 3.63) is 0 Å². The van der Waals surface area contributed by atoms with Gasteiger partial charge in [-0.3, -0.25) is 0 Å². The maximum atomic E-state index is 9.36. The standard InChI is InChI=1S/C7H15NO4/c1-12-8-2-5(4-9)7(11)6(10)3-8/h5-7,9-11H,2-4H2,1H3. The summed E-state index contributed by atoms with van der Waals surface area (Å²) in [7, 11) is 1.50. The molecule has 0 bridgehead atoms. The molecule has 0 spiro atoms. The third-order valence-electron chi connectivity index (χ3n) is 2.20. The molecular weight excluding hydrogens is 162 g/mol. The minimum absolute atomic E-state index is 0.141. The van der Waals surface area contributed by atoms with Crippen molar-refractivity contribution >= 4 is 0 Å². The largest absolute Gasteiger partial charge is 0.396 e. The number of hydrogen-bond donors (Lipinski definition) is 3. The van der Waals surface area contributed by atoms with Crippen LogP contribution in [0.3, 0.4) is 0 Å². The summed E-state index contributed by atoms with van der Waals surface area (Å²) in [5.41, 5.74) is 0. The Kier molecular flexibility index (Phi) is 3.42. The van der Waals surface area contributed by atoms with Crippen LogP contribution >= 0.6 is 0 Å². The number of aliphatic hydroxyl groups is 3. The summed E-state index contributed by atoms with van der Waals surface area (Å²) in [4.78, 5) is 4.89. The van der Waals surface area contributed by atoms with Gasteiger partial charge < -0.3 is 20.2 Å². The Morgan fingerprint density at radius 2 is 2.08 bits per heavy atom. The van der Waals surface area contributed by atoms with Gasteiger partial charge in [-0.15, -0.1) is 0 Å². The van der Waals surface area contributed by atoms with E-state index in [0.717, 1.165) is 0 Å². The maximum absolute atomic E-state index is 9.36. The second-order valence-corrected chi connectivity index (χ2v) is 3.03. The monoisotopic (exact) mass is 177 g/mol. The van der Waals surface area contributed by atoms with Crippen LogP contribution in [0.1, 0.15) is 0 Å². The first-order valence-electron chi connectivity index (χ1n) is 3.95. The fraction of sp³-hybridized carbons (Fsp3) is 1.00. The van der Waals surface area contributed by atoms with Gasteiger partial charge in [0.1, 0.15) is 0 Å². The van der Waals surface area contributed by atoms with E-state index in [0.29, 0.717) is 6.54 Å². The first kappa shape index (κ1) is 9.88. The van der Waals surface area contributed by atoms with E-state index in [1.807, 2.05) is 0 Å². The summed E-state index contributed by atoms with van der Waals surface area (Å²) in [5.74, 6) is -0.325. The lowest BCUT2D eigenvalue weighted by atomic mass is 9.94. The summed E-state index contributed by atoms with van der Waals surface area (Å²) in [5, 5.41) is 29.0. The lowest BCUT2D eigenvalue weighted by molar-refractivity contribution is -0.208. The number of hydrogen-bond acceptors (Lipinski definition) is 5. The van der Waals surface area contributed by atoms with E-state index in [1.165, 1.54) is 12.2 Å². The van der Waals surface area contributed by atoms with Gasteiger partial charge in [-0.25, -0.2) is 0 Å². The third kappa shape index (κ3) is 1.94. The van der Waals surface area contributed by atoms with Crippen LogP contribution < -0.4 is 0 Å². The van der Waals surface area contributed by atoms with Gasteiger partial charge >= 0.3 is 0 Å². The van der Waals surface area contributed by atoms with Crippen LogP contribution in [0.2, 0.25) is 0 Å². The van der Waals surface area contributed by atoms with Gasteiger partial charge in [-0.05, 0) is 0 Å². The fourth-order valence-corrected chi connectivity index (χ4v) is 1.39. The zero-order valence-corrected chi connectivity index (χ0v) is 7.05. The molecule has 3 atom stereocenters. The molecule has 0 amide bonds. The van der Waals surface area contributed by atoms with E-state index in [4.69, 9.17) is 9.94 Å². The molecule has 12 heavy (non-hydrogen) atoms. The van der Waals surface area contributed by atoms with E-state index in [2.05, 4.69) is 0 Å². The van der Waals surface area contributed by atoms with Crippen molar-refractivity contribution in [2.75, 3.05) is 26.8 Å².